The molecule has 2 aliphatic rings. The van der Waals surface area contributed by atoms with Gasteiger partial charge in [-0.2, -0.15) is 4.90 Å². The smallest absolute Gasteiger partial charge is 0.420 e. The summed E-state index contributed by atoms with van der Waals surface area (Å²) >= 11 is 0. The fraction of sp³-hybridized carbons (Fsp3) is 0.730. The van der Waals surface area contributed by atoms with Crippen molar-refractivity contribution in [2.24, 2.45) is 0 Å². The number of methoxy groups -OCH3 is 5. The molecule has 1 aromatic rings. The Labute approximate surface area is 332 Å². The minimum absolute atomic E-state index is 0.0585. The van der Waals surface area contributed by atoms with E-state index in [1.165, 1.54) is 47.8 Å². The van der Waals surface area contributed by atoms with Crippen LogP contribution in [0, 0.1) is 0 Å². The summed E-state index contributed by atoms with van der Waals surface area (Å²) in [6, 6.07) is -1.10. The van der Waals surface area contributed by atoms with Crippen molar-refractivity contribution in [3.63, 3.8) is 0 Å². The summed E-state index contributed by atoms with van der Waals surface area (Å²) in [5.41, 5.74) is -2.09. The van der Waals surface area contributed by atoms with Crippen molar-refractivity contribution < 1.29 is 81.2 Å². The maximum Gasteiger partial charge on any atom is 0.420 e. The summed E-state index contributed by atoms with van der Waals surface area (Å²) in [6.45, 7) is 12.9. The number of nitrogens with one attached hydrogen (secondary N) is 1. The molecule has 20 heteroatoms. The number of aromatic hydroxyl groups is 1. The predicted molar refractivity (Wildman–Crippen MR) is 198 cm³/mol. The highest BCUT2D eigenvalue weighted by Crippen LogP contribution is 2.28. The van der Waals surface area contributed by atoms with Gasteiger partial charge in [0, 0.05) is 40.7 Å². The Morgan fingerprint density at radius 1 is 0.754 bits per heavy atom. The first kappa shape index (κ1) is 48.8. The number of hydrogen-bond acceptors (Lipinski definition) is 18. The van der Waals surface area contributed by atoms with Gasteiger partial charge in [0.1, 0.15) is 47.8 Å². The third kappa shape index (κ3) is 14.5. The van der Waals surface area contributed by atoms with Crippen LogP contribution in [0.5, 0.6) is 11.5 Å². The molecule has 0 bridgehead atoms. The van der Waals surface area contributed by atoms with Crippen LogP contribution >= 0.6 is 0 Å². The molecule has 0 radical (unpaired) electrons. The van der Waals surface area contributed by atoms with Gasteiger partial charge in [-0.3, -0.25) is 4.79 Å². The minimum atomic E-state index is -1.41. The van der Waals surface area contributed by atoms with E-state index in [0.717, 1.165) is 0 Å². The topological polar surface area (TPSA) is 235 Å². The maximum absolute atomic E-state index is 12.9. The van der Waals surface area contributed by atoms with E-state index in [1.807, 2.05) is 0 Å². The zero-order chi connectivity index (χ0) is 43.2. The molecule has 1 aromatic heterocycles. The molecule has 0 saturated carbocycles. The van der Waals surface area contributed by atoms with Crippen molar-refractivity contribution in [1.29, 1.82) is 0 Å². The van der Waals surface area contributed by atoms with Crippen LogP contribution < -0.4 is 10.1 Å². The van der Waals surface area contributed by atoms with Crippen molar-refractivity contribution in [2.45, 2.75) is 115 Å². The third-order valence-electron chi connectivity index (χ3n) is 8.21. The number of cyclic esters (lactones) is 2. The molecule has 3 amide bonds. The SMILES string of the molecule is CO[C@H]1[C@H](C)OC(=O)[C@@H](N(C(=O)OC(C)(C)C)C(=O)OC(C)(C)C)COC[C@@H]1OC.COc1ccnc(C(=O)N[C@H]2COC[C@H](OC)[C@@H](OC)[C@H](C)OC2=O)c1O. The van der Waals surface area contributed by atoms with E-state index >= 15 is 0 Å². The average Bonchev–Trinajstić information content (AvgIpc) is 3.20. The predicted octanol–water partition coefficient (Wildman–Crippen LogP) is 2.41. The first-order valence-electron chi connectivity index (χ1n) is 18.1. The van der Waals surface area contributed by atoms with Crippen molar-refractivity contribution in [2.75, 3.05) is 62.0 Å². The molecular formula is C37H59N3O17. The second-order valence-corrected chi connectivity index (χ2v) is 14.9. The number of hydrogen-bond donors (Lipinski definition) is 2. The van der Waals surface area contributed by atoms with Gasteiger partial charge in [0.25, 0.3) is 5.91 Å². The summed E-state index contributed by atoms with van der Waals surface area (Å²) < 4.78 is 59.0. The van der Waals surface area contributed by atoms with Gasteiger partial charge in [0.2, 0.25) is 0 Å². The molecule has 2 fully saturated rings. The van der Waals surface area contributed by atoms with E-state index in [2.05, 4.69) is 10.3 Å². The molecule has 8 atom stereocenters. The molecule has 57 heavy (non-hydrogen) atoms. The van der Waals surface area contributed by atoms with Crippen LogP contribution in [0.2, 0.25) is 0 Å². The summed E-state index contributed by atoms with van der Waals surface area (Å²) in [4.78, 5) is 67.9. The number of imide groups is 1. The zero-order valence-electron chi connectivity index (χ0n) is 35.0. The molecule has 3 heterocycles. The molecule has 20 nitrogen and oxygen atoms in total. The van der Waals surface area contributed by atoms with Crippen LogP contribution in [-0.4, -0.2) is 167 Å². The number of nitrogens with zero attached hydrogens (tertiary/aromatic N) is 2. The zero-order valence-corrected chi connectivity index (χ0v) is 35.0. The van der Waals surface area contributed by atoms with Crippen LogP contribution in [-0.2, 0) is 57.0 Å². The monoisotopic (exact) mass is 817 g/mol. The Morgan fingerprint density at radius 3 is 1.67 bits per heavy atom. The Morgan fingerprint density at radius 2 is 1.23 bits per heavy atom. The van der Waals surface area contributed by atoms with E-state index < -0.39 is 95.7 Å². The molecule has 2 N–H and O–H groups in total. The molecule has 0 aliphatic carbocycles. The van der Waals surface area contributed by atoms with Crippen LogP contribution in [0.15, 0.2) is 12.3 Å². The lowest BCUT2D eigenvalue weighted by atomic mass is 10.1. The van der Waals surface area contributed by atoms with E-state index in [9.17, 15) is 29.1 Å². The molecule has 324 valence electrons. The molecule has 0 aromatic carbocycles. The Kier molecular flexibility index (Phi) is 18.8. The van der Waals surface area contributed by atoms with E-state index in [4.69, 9.17) is 52.1 Å². The summed E-state index contributed by atoms with van der Waals surface area (Å²) in [5, 5.41) is 12.5. The van der Waals surface area contributed by atoms with Gasteiger partial charge in [-0.25, -0.2) is 24.2 Å². The van der Waals surface area contributed by atoms with E-state index in [-0.39, 0.29) is 37.9 Å². The highest BCUT2D eigenvalue weighted by molar-refractivity contribution is 5.98. The van der Waals surface area contributed by atoms with E-state index in [1.54, 1.807) is 55.4 Å². The largest absolute Gasteiger partial charge is 0.503 e. The highest BCUT2D eigenvalue weighted by Gasteiger charge is 2.44. The van der Waals surface area contributed by atoms with Gasteiger partial charge in [0.15, 0.2) is 29.3 Å². The Bertz CT molecular complexity index is 1470. The Balaban J connectivity index is 0.000000395. The van der Waals surface area contributed by atoms with Gasteiger partial charge < -0.3 is 62.5 Å². The molecule has 2 saturated heterocycles. The fourth-order valence-electron chi connectivity index (χ4n) is 5.51. The number of aromatic nitrogens is 1. The third-order valence-corrected chi connectivity index (χ3v) is 8.21. The summed E-state index contributed by atoms with van der Waals surface area (Å²) in [7, 11) is 7.28. The maximum atomic E-state index is 12.9. The summed E-state index contributed by atoms with van der Waals surface area (Å²) in [5.74, 6) is -2.66. The number of rotatable bonds is 8. The molecule has 3 rings (SSSR count). The summed E-state index contributed by atoms with van der Waals surface area (Å²) in [6.07, 6.45) is -4.23. The second-order valence-electron chi connectivity index (χ2n) is 14.9. The number of amides is 3. The lowest BCUT2D eigenvalue weighted by Gasteiger charge is -2.32. The van der Waals surface area contributed by atoms with Crippen LogP contribution in [0.3, 0.4) is 0 Å². The van der Waals surface area contributed by atoms with Crippen molar-refractivity contribution in [1.82, 2.24) is 15.2 Å². The van der Waals surface area contributed by atoms with E-state index in [0.29, 0.717) is 4.90 Å². The van der Waals surface area contributed by atoms with Gasteiger partial charge in [-0.05, 0) is 55.4 Å². The number of ether oxygens (including phenoxy) is 11. The first-order valence-corrected chi connectivity index (χ1v) is 18.1. The first-order chi connectivity index (χ1) is 26.6. The van der Waals surface area contributed by atoms with Gasteiger partial charge in [-0.15, -0.1) is 0 Å². The molecule has 0 spiro atoms. The fourth-order valence-corrected chi connectivity index (χ4v) is 5.51. The van der Waals surface area contributed by atoms with Gasteiger partial charge in [-0.1, -0.05) is 0 Å². The Hall–Kier alpha value is -4.34. The number of carbonyl (C=O) groups excluding carboxylic acids is 5. The molecule has 2 aliphatic heterocycles. The normalized spacial score (nSPS) is 26.1. The van der Waals surface area contributed by atoms with Crippen LogP contribution in [0.25, 0.3) is 0 Å². The van der Waals surface area contributed by atoms with Crippen molar-refractivity contribution in [3.8, 4) is 11.5 Å². The second kappa shape index (κ2) is 22.0. The average molecular weight is 818 g/mol. The number of pyridine rings is 1. The van der Waals surface area contributed by atoms with Crippen molar-refractivity contribution >= 4 is 30.0 Å². The minimum Gasteiger partial charge on any atom is -0.503 e. The van der Waals surface area contributed by atoms with Gasteiger partial charge in [0.05, 0.1) is 33.5 Å². The quantitative estimate of drug-likeness (QED) is 0.283. The lowest BCUT2D eigenvalue weighted by Crippen LogP contribution is -2.54. The standard InChI is InChI=1S/C20H35NO9.C17H24N2O8/c1-12-15(26-9)14(25-8)11-27-10-13(16(22)28-12)21(17(23)29-19(2,3)4)18(24)30-20(5,6)7;1-9-15(25-4)12(24-3)8-26-7-10(17(22)27-9)19-16(21)13-14(20)11(23-2)5-6-18-13/h12-15H,10-11H2,1-9H3;5-6,9-10,12,15,20H,7-8H2,1-4H3,(H,19,21)/t12-,13-,14-,15-;9-,10-,12-,15-/m00/s1. The number of esters is 2. The lowest BCUT2D eigenvalue weighted by molar-refractivity contribution is -0.165. The van der Waals surface area contributed by atoms with Gasteiger partial charge >= 0.3 is 24.1 Å². The van der Waals surface area contributed by atoms with Crippen LogP contribution in [0.1, 0.15) is 65.9 Å². The molecule has 0 unspecified atom stereocenters. The molecular weight excluding hydrogens is 758 g/mol. The highest BCUT2D eigenvalue weighted by atomic mass is 16.6. The van der Waals surface area contributed by atoms with Crippen LogP contribution in [0.4, 0.5) is 9.59 Å². The number of carbonyl (C=O) groups is 5. The van der Waals surface area contributed by atoms with Crippen molar-refractivity contribution in [3.05, 3.63) is 18.0 Å².